The minimum absolute atomic E-state index is 0.0876. The van der Waals surface area contributed by atoms with Crippen LogP contribution in [0.15, 0.2) is 24.5 Å². The highest BCUT2D eigenvalue weighted by atomic mass is 32.1. The van der Waals surface area contributed by atoms with E-state index >= 15 is 0 Å². The van der Waals surface area contributed by atoms with Crippen molar-refractivity contribution < 1.29 is 9.72 Å². The summed E-state index contributed by atoms with van der Waals surface area (Å²) in [6.07, 6.45) is 6.44. The molecule has 0 amide bonds. The lowest BCUT2D eigenvalue weighted by molar-refractivity contribution is -0.380. The van der Waals surface area contributed by atoms with Crippen LogP contribution in [-0.4, -0.2) is 20.4 Å². The summed E-state index contributed by atoms with van der Waals surface area (Å²) >= 11 is 1.07. The third kappa shape index (κ3) is 2.51. The van der Waals surface area contributed by atoms with Crippen molar-refractivity contribution in [2.24, 2.45) is 0 Å². The second kappa shape index (κ2) is 4.92. The highest BCUT2D eigenvalue weighted by Gasteiger charge is 2.08. The molecule has 0 aromatic carbocycles. The Morgan fingerprint density at radius 1 is 1.50 bits per heavy atom. The fourth-order valence-corrected chi connectivity index (χ4v) is 2.12. The standard InChI is InChI=1S/C11H9N3O3S/c1-8(15)13-7-6-12-10(13)4-2-9-3-5-11(18-9)14(16)17/h2-7H,1H3/b4-2+. The number of nitrogens with zero attached hydrogens (tertiary/aromatic N) is 3. The van der Waals surface area contributed by atoms with Gasteiger partial charge in [-0.2, -0.15) is 0 Å². The lowest BCUT2D eigenvalue weighted by Crippen LogP contribution is -2.05. The van der Waals surface area contributed by atoms with Gasteiger partial charge in [-0.15, -0.1) is 0 Å². The van der Waals surface area contributed by atoms with Crippen LogP contribution >= 0.6 is 11.3 Å². The van der Waals surface area contributed by atoms with Crippen molar-refractivity contribution in [3.05, 3.63) is 45.3 Å². The summed E-state index contributed by atoms with van der Waals surface area (Å²) in [5.41, 5.74) is 0. The third-order valence-corrected chi connectivity index (χ3v) is 3.20. The zero-order chi connectivity index (χ0) is 13.1. The van der Waals surface area contributed by atoms with Crippen LogP contribution in [0.25, 0.3) is 12.2 Å². The summed E-state index contributed by atoms with van der Waals surface area (Å²) in [5.74, 6) is 0.364. The average Bonchev–Trinajstić information content (AvgIpc) is 2.95. The predicted octanol–water partition coefficient (Wildman–Crippen LogP) is 2.68. The third-order valence-electron chi connectivity index (χ3n) is 2.20. The van der Waals surface area contributed by atoms with Crippen LogP contribution in [0.1, 0.15) is 22.4 Å². The quantitative estimate of drug-likeness (QED) is 0.630. The van der Waals surface area contributed by atoms with Gasteiger partial charge in [0.05, 0.1) is 4.92 Å². The average molecular weight is 263 g/mol. The highest BCUT2D eigenvalue weighted by molar-refractivity contribution is 7.16. The molecule has 0 saturated heterocycles. The number of carbonyl (C=O) groups is 1. The molecule has 0 saturated carbocycles. The molecule has 2 heterocycles. The first-order chi connectivity index (χ1) is 8.58. The molecule has 2 aromatic rings. The van der Waals surface area contributed by atoms with Gasteiger partial charge in [0, 0.05) is 30.3 Å². The molecule has 92 valence electrons. The van der Waals surface area contributed by atoms with Crippen LogP contribution in [0.3, 0.4) is 0 Å². The first kappa shape index (κ1) is 12.2. The van der Waals surface area contributed by atoms with E-state index in [2.05, 4.69) is 4.98 Å². The molecule has 2 rings (SSSR count). The number of imidazole rings is 1. The van der Waals surface area contributed by atoms with Crippen LogP contribution in [0.5, 0.6) is 0 Å². The smallest absolute Gasteiger partial charge is 0.274 e. The van der Waals surface area contributed by atoms with Gasteiger partial charge in [-0.05, 0) is 18.2 Å². The lowest BCUT2D eigenvalue weighted by Gasteiger charge is -1.96. The Labute approximate surface area is 106 Å². The van der Waals surface area contributed by atoms with Gasteiger partial charge in [-0.3, -0.25) is 19.5 Å². The Bertz CT molecular complexity index is 627. The summed E-state index contributed by atoms with van der Waals surface area (Å²) in [6.45, 7) is 1.44. The second-order valence-electron chi connectivity index (χ2n) is 3.44. The van der Waals surface area contributed by atoms with E-state index in [4.69, 9.17) is 0 Å². The molecule has 7 heteroatoms. The van der Waals surface area contributed by atoms with Crippen molar-refractivity contribution in [1.82, 2.24) is 9.55 Å². The topological polar surface area (TPSA) is 78.0 Å². The van der Waals surface area contributed by atoms with E-state index < -0.39 is 4.92 Å². The molecular formula is C11H9N3O3S. The molecule has 0 aliphatic carbocycles. The molecule has 0 N–H and O–H groups in total. The number of rotatable bonds is 3. The summed E-state index contributed by atoms with van der Waals surface area (Å²) in [7, 11) is 0. The molecule has 6 nitrogen and oxygen atoms in total. The van der Waals surface area contributed by atoms with Gasteiger partial charge in [-0.1, -0.05) is 11.3 Å². The number of thiophene rings is 1. The maximum absolute atomic E-state index is 11.2. The fraction of sp³-hybridized carbons (Fsp3) is 0.0909. The maximum Gasteiger partial charge on any atom is 0.324 e. The van der Waals surface area contributed by atoms with E-state index in [0.717, 1.165) is 16.2 Å². The monoisotopic (exact) mass is 263 g/mol. The van der Waals surface area contributed by atoms with Crippen molar-refractivity contribution in [1.29, 1.82) is 0 Å². The van der Waals surface area contributed by atoms with E-state index in [1.165, 1.54) is 23.8 Å². The molecule has 0 aliphatic rings. The molecule has 0 atom stereocenters. The lowest BCUT2D eigenvalue weighted by atomic mass is 10.4. The molecule has 0 fully saturated rings. The molecule has 0 bridgehead atoms. The number of hydrogen-bond donors (Lipinski definition) is 0. The zero-order valence-corrected chi connectivity index (χ0v) is 10.3. The first-order valence-corrected chi connectivity index (χ1v) is 5.86. The molecule has 0 aliphatic heterocycles. The van der Waals surface area contributed by atoms with E-state index in [1.807, 2.05) is 0 Å². The highest BCUT2D eigenvalue weighted by Crippen LogP contribution is 2.25. The van der Waals surface area contributed by atoms with Crippen LogP contribution in [0, 0.1) is 10.1 Å². The van der Waals surface area contributed by atoms with Gasteiger partial charge >= 0.3 is 5.00 Å². The minimum Gasteiger partial charge on any atom is -0.274 e. The van der Waals surface area contributed by atoms with Crippen LogP contribution in [-0.2, 0) is 0 Å². The van der Waals surface area contributed by atoms with E-state index in [-0.39, 0.29) is 10.9 Å². The molecule has 0 spiro atoms. The number of carbonyl (C=O) groups excluding carboxylic acids is 1. The van der Waals surface area contributed by atoms with Crippen molar-refractivity contribution in [2.75, 3.05) is 0 Å². The SMILES string of the molecule is CC(=O)n1ccnc1/C=C/c1ccc([N+](=O)[O-])s1. The van der Waals surface area contributed by atoms with Crippen LogP contribution < -0.4 is 0 Å². The van der Waals surface area contributed by atoms with Gasteiger partial charge in [0.2, 0.25) is 5.91 Å². The maximum atomic E-state index is 11.2. The van der Waals surface area contributed by atoms with Gasteiger partial charge < -0.3 is 0 Å². The predicted molar refractivity (Wildman–Crippen MR) is 68.4 cm³/mol. The van der Waals surface area contributed by atoms with Gasteiger partial charge in [0.15, 0.2) is 0 Å². The van der Waals surface area contributed by atoms with Crippen LogP contribution in [0.4, 0.5) is 5.00 Å². The first-order valence-electron chi connectivity index (χ1n) is 5.04. The molecule has 18 heavy (non-hydrogen) atoms. The Balaban J connectivity index is 2.22. The summed E-state index contributed by atoms with van der Waals surface area (Å²) in [4.78, 5) is 26.1. The van der Waals surface area contributed by atoms with Crippen molar-refractivity contribution >= 4 is 34.4 Å². The Kier molecular flexibility index (Phi) is 3.33. The molecule has 0 unspecified atom stereocenters. The molecular weight excluding hydrogens is 254 g/mol. The van der Waals surface area contributed by atoms with Crippen LogP contribution in [0.2, 0.25) is 0 Å². The van der Waals surface area contributed by atoms with Gasteiger partial charge in [-0.25, -0.2) is 4.98 Å². The van der Waals surface area contributed by atoms with Gasteiger partial charge in [0.1, 0.15) is 5.82 Å². The number of nitro groups is 1. The molecule has 0 radical (unpaired) electrons. The minimum atomic E-state index is -0.432. The number of hydrogen-bond acceptors (Lipinski definition) is 5. The summed E-state index contributed by atoms with van der Waals surface area (Å²) in [6, 6.07) is 3.10. The Morgan fingerprint density at radius 3 is 2.89 bits per heavy atom. The van der Waals surface area contributed by atoms with E-state index in [1.54, 1.807) is 24.4 Å². The zero-order valence-electron chi connectivity index (χ0n) is 9.44. The Morgan fingerprint density at radius 2 is 2.28 bits per heavy atom. The largest absolute Gasteiger partial charge is 0.324 e. The van der Waals surface area contributed by atoms with Crippen molar-refractivity contribution in [2.45, 2.75) is 6.92 Å². The Hall–Kier alpha value is -2.28. The number of aromatic nitrogens is 2. The second-order valence-corrected chi connectivity index (χ2v) is 4.53. The van der Waals surface area contributed by atoms with E-state index in [9.17, 15) is 14.9 Å². The normalized spacial score (nSPS) is 10.9. The van der Waals surface area contributed by atoms with Crippen molar-refractivity contribution in [3.63, 3.8) is 0 Å². The van der Waals surface area contributed by atoms with Gasteiger partial charge in [0.25, 0.3) is 0 Å². The van der Waals surface area contributed by atoms with E-state index in [0.29, 0.717) is 5.82 Å². The molecule has 2 aromatic heterocycles. The van der Waals surface area contributed by atoms with Crippen molar-refractivity contribution in [3.8, 4) is 0 Å². The summed E-state index contributed by atoms with van der Waals surface area (Å²) < 4.78 is 1.40. The fourth-order valence-electron chi connectivity index (χ4n) is 1.39. The summed E-state index contributed by atoms with van der Waals surface area (Å²) in [5, 5.41) is 10.6.